The first kappa shape index (κ1) is 17.2. The van der Waals surface area contributed by atoms with Crippen molar-refractivity contribution in [2.45, 2.75) is 31.8 Å². The fraction of sp³-hybridized carbons (Fsp3) is 0.368. The Kier molecular flexibility index (Phi) is 5.50. The van der Waals surface area contributed by atoms with Crippen molar-refractivity contribution in [2.75, 3.05) is 7.11 Å². The fourth-order valence-corrected chi connectivity index (χ4v) is 2.97. The number of aromatic nitrogens is 1. The van der Waals surface area contributed by atoms with Crippen LogP contribution >= 0.6 is 0 Å². The summed E-state index contributed by atoms with van der Waals surface area (Å²) in [7, 11) is 1.62. The maximum atomic E-state index is 12.2. The standard InChI is InChI=1S/C19H23N3O3/c1-24-16-4-6-17(7-5-16)25-18-10-13(8-9-21-18)12-22-19(23)14-2-3-15(20)11-14/h4-10,14-15H,2-3,11-12,20H2,1H3,(H,22,23). The lowest BCUT2D eigenvalue weighted by atomic mass is 10.1. The summed E-state index contributed by atoms with van der Waals surface area (Å²) in [6.07, 6.45) is 4.24. The summed E-state index contributed by atoms with van der Waals surface area (Å²) in [5.74, 6) is 2.03. The molecule has 3 N–H and O–H groups in total. The second-order valence-corrected chi connectivity index (χ2v) is 6.27. The van der Waals surface area contributed by atoms with Gasteiger partial charge in [-0.05, 0) is 55.2 Å². The van der Waals surface area contributed by atoms with Crippen LogP contribution in [-0.4, -0.2) is 24.0 Å². The number of hydrogen-bond acceptors (Lipinski definition) is 5. The van der Waals surface area contributed by atoms with E-state index in [4.69, 9.17) is 15.2 Å². The molecule has 2 unspecified atom stereocenters. The molecule has 0 spiro atoms. The van der Waals surface area contributed by atoms with Gasteiger partial charge in [0.05, 0.1) is 7.11 Å². The zero-order valence-corrected chi connectivity index (χ0v) is 14.3. The van der Waals surface area contributed by atoms with E-state index in [0.29, 0.717) is 18.2 Å². The van der Waals surface area contributed by atoms with E-state index in [0.717, 1.165) is 30.6 Å². The van der Waals surface area contributed by atoms with E-state index in [2.05, 4.69) is 10.3 Å². The number of methoxy groups -OCH3 is 1. The van der Waals surface area contributed by atoms with Crippen molar-refractivity contribution in [1.82, 2.24) is 10.3 Å². The lowest BCUT2D eigenvalue weighted by molar-refractivity contribution is -0.125. The van der Waals surface area contributed by atoms with Gasteiger partial charge in [0, 0.05) is 30.8 Å². The van der Waals surface area contributed by atoms with Crippen molar-refractivity contribution in [3.8, 4) is 17.4 Å². The van der Waals surface area contributed by atoms with Crippen LogP contribution < -0.4 is 20.5 Å². The Morgan fingerprint density at radius 2 is 2.00 bits per heavy atom. The highest BCUT2D eigenvalue weighted by Crippen LogP contribution is 2.25. The highest BCUT2D eigenvalue weighted by Gasteiger charge is 2.27. The summed E-state index contributed by atoms with van der Waals surface area (Å²) >= 11 is 0. The molecule has 2 aromatic rings. The number of nitrogens with two attached hydrogens (primary N) is 1. The average molecular weight is 341 g/mol. The normalized spacial score (nSPS) is 19.4. The third kappa shape index (κ3) is 4.70. The summed E-state index contributed by atoms with van der Waals surface area (Å²) < 4.78 is 10.9. The molecule has 6 heteroatoms. The third-order valence-electron chi connectivity index (χ3n) is 4.39. The second-order valence-electron chi connectivity index (χ2n) is 6.27. The number of pyridine rings is 1. The summed E-state index contributed by atoms with van der Waals surface area (Å²) in [6, 6.07) is 11.1. The highest BCUT2D eigenvalue weighted by atomic mass is 16.5. The van der Waals surface area contributed by atoms with Crippen LogP contribution in [0.3, 0.4) is 0 Å². The van der Waals surface area contributed by atoms with Gasteiger partial charge in [-0.1, -0.05) is 0 Å². The van der Waals surface area contributed by atoms with Gasteiger partial charge in [-0.15, -0.1) is 0 Å². The predicted molar refractivity (Wildman–Crippen MR) is 94.5 cm³/mol. The van der Waals surface area contributed by atoms with Crippen molar-refractivity contribution < 1.29 is 14.3 Å². The molecular formula is C19H23N3O3. The monoisotopic (exact) mass is 341 g/mol. The van der Waals surface area contributed by atoms with E-state index < -0.39 is 0 Å². The van der Waals surface area contributed by atoms with Crippen LogP contribution in [0.25, 0.3) is 0 Å². The molecule has 0 radical (unpaired) electrons. The zero-order valence-electron chi connectivity index (χ0n) is 14.3. The van der Waals surface area contributed by atoms with Gasteiger partial charge >= 0.3 is 0 Å². The lowest BCUT2D eigenvalue weighted by Crippen LogP contribution is -2.30. The topological polar surface area (TPSA) is 86.5 Å². The molecule has 25 heavy (non-hydrogen) atoms. The summed E-state index contributed by atoms with van der Waals surface area (Å²) in [5.41, 5.74) is 6.81. The maximum absolute atomic E-state index is 12.2. The molecule has 3 rings (SSSR count). The van der Waals surface area contributed by atoms with Crippen LogP contribution in [-0.2, 0) is 11.3 Å². The number of nitrogens with one attached hydrogen (secondary N) is 1. The van der Waals surface area contributed by atoms with E-state index in [1.54, 1.807) is 13.3 Å². The highest BCUT2D eigenvalue weighted by molar-refractivity contribution is 5.79. The van der Waals surface area contributed by atoms with Crippen LogP contribution in [0.4, 0.5) is 0 Å². The van der Waals surface area contributed by atoms with Gasteiger partial charge in [-0.25, -0.2) is 4.98 Å². The number of amides is 1. The van der Waals surface area contributed by atoms with Crippen LogP contribution in [0.5, 0.6) is 17.4 Å². The van der Waals surface area contributed by atoms with Crippen LogP contribution in [0.15, 0.2) is 42.6 Å². The van der Waals surface area contributed by atoms with Crippen LogP contribution in [0.1, 0.15) is 24.8 Å². The minimum Gasteiger partial charge on any atom is -0.497 e. The number of ether oxygens (including phenoxy) is 2. The Morgan fingerprint density at radius 1 is 1.24 bits per heavy atom. The molecule has 132 valence electrons. The van der Waals surface area contributed by atoms with E-state index in [1.807, 2.05) is 36.4 Å². The van der Waals surface area contributed by atoms with E-state index in [1.165, 1.54) is 0 Å². The van der Waals surface area contributed by atoms with Crippen molar-refractivity contribution in [3.63, 3.8) is 0 Å². The van der Waals surface area contributed by atoms with Gasteiger partial charge in [0.15, 0.2) is 0 Å². The van der Waals surface area contributed by atoms with Gasteiger partial charge in [-0.2, -0.15) is 0 Å². The summed E-state index contributed by atoms with van der Waals surface area (Å²) in [5, 5.41) is 2.97. The summed E-state index contributed by atoms with van der Waals surface area (Å²) in [4.78, 5) is 16.4. The molecule has 1 aromatic heterocycles. The first-order valence-corrected chi connectivity index (χ1v) is 8.44. The maximum Gasteiger partial charge on any atom is 0.223 e. The Morgan fingerprint density at radius 3 is 2.68 bits per heavy atom. The van der Waals surface area contributed by atoms with Gasteiger partial charge in [0.1, 0.15) is 11.5 Å². The molecule has 0 aliphatic heterocycles. The summed E-state index contributed by atoms with van der Waals surface area (Å²) in [6.45, 7) is 0.450. The van der Waals surface area contributed by atoms with Crippen LogP contribution in [0.2, 0.25) is 0 Å². The first-order chi connectivity index (χ1) is 12.1. The minimum atomic E-state index is 0.0341. The number of benzene rings is 1. The number of rotatable bonds is 6. The van der Waals surface area contributed by atoms with E-state index >= 15 is 0 Å². The third-order valence-corrected chi connectivity index (χ3v) is 4.39. The first-order valence-electron chi connectivity index (χ1n) is 8.44. The number of hydrogen-bond donors (Lipinski definition) is 2. The van der Waals surface area contributed by atoms with Crippen molar-refractivity contribution >= 4 is 5.91 Å². The molecule has 1 fully saturated rings. The predicted octanol–water partition coefficient (Wildman–Crippen LogP) is 2.63. The number of carbonyl (C=O) groups is 1. The Bertz CT molecular complexity index is 718. The van der Waals surface area contributed by atoms with Gasteiger partial charge in [-0.3, -0.25) is 4.79 Å². The zero-order chi connectivity index (χ0) is 17.6. The van der Waals surface area contributed by atoms with Crippen LogP contribution in [0, 0.1) is 5.92 Å². The van der Waals surface area contributed by atoms with E-state index in [9.17, 15) is 4.79 Å². The SMILES string of the molecule is COc1ccc(Oc2cc(CNC(=O)C3CCC(N)C3)ccn2)cc1. The average Bonchev–Trinajstić information content (AvgIpc) is 3.07. The van der Waals surface area contributed by atoms with E-state index in [-0.39, 0.29) is 17.9 Å². The molecule has 1 aliphatic carbocycles. The quantitative estimate of drug-likeness (QED) is 0.843. The largest absolute Gasteiger partial charge is 0.497 e. The number of carbonyl (C=O) groups excluding carboxylic acids is 1. The Labute approximate surface area is 147 Å². The molecule has 0 saturated heterocycles. The fourth-order valence-electron chi connectivity index (χ4n) is 2.97. The molecule has 2 atom stereocenters. The molecule has 1 aromatic carbocycles. The van der Waals surface area contributed by atoms with Crippen molar-refractivity contribution in [3.05, 3.63) is 48.2 Å². The van der Waals surface area contributed by atoms with Crippen molar-refractivity contribution in [2.24, 2.45) is 11.7 Å². The molecular weight excluding hydrogens is 318 g/mol. The Balaban J connectivity index is 1.56. The molecule has 1 heterocycles. The minimum absolute atomic E-state index is 0.0341. The van der Waals surface area contributed by atoms with Gasteiger partial charge < -0.3 is 20.5 Å². The Hall–Kier alpha value is -2.60. The molecule has 1 aliphatic rings. The smallest absolute Gasteiger partial charge is 0.223 e. The number of nitrogens with zero attached hydrogens (tertiary/aromatic N) is 1. The van der Waals surface area contributed by atoms with Crippen molar-refractivity contribution in [1.29, 1.82) is 0 Å². The second kappa shape index (κ2) is 7.98. The molecule has 1 amide bonds. The molecule has 0 bridgehead atoms. The molecule has 6 nitrogen and oxygen atoms in total. The van der Waals surface area contributed by atoms with Gasteiger partial charge in [0.2, 0.25) is 11.8 Å². The van der Waals surface area contributed by atoms with Gasteiger partial charge in [0.25, 0.3) is 0 Å². The molecule has 1 saturated carbocycles. The lowest BCUT2D eigenvalue weighted by Gasteiger charge is -2.11.